The standard InChI is InChI=1S/C25H35N3O2/c1-18(2)19-8-10-23(11-9-19)30-15-13-22-16-24(27-26-22)21-12-14-28(17-21)25(29)20-6-4-3-5-7-20/h8-11,16,18,20-21H,3-7,12-15,17H2,1-2H3,(H,26,27)/t21-/m1/s1. The predicted molar refractivity (Wildman–Crippen MR) is 119 cm³/mol. The smallest absolute Gasteiger partial charge is 0.225 e. The summed E-state index contributed by atoms with van der Waals surface area (Å²) in [5, 5.41) is 7.71. The van der Waals surface area contributed by atoms with Crippen molar-refractivity contribution in [2.45, 2.75) is 70.6 Å². The molecule has 5 heteroatoms. The van der Waals surface area contributed by atoms with Crippen LogP contribution in [-0.2, 0) is 11.2 Å². The first-order valence-electron chi connectivity index (χ1n) is 11.7. The fraction of sp³-hybridized carbons (Fsp3) is 0.600. The number of H-pyrrole nitrogens is 1. The first-order valence-corrected chi connectivity index (χ1v) is 11.7. The van der Waals surface area contributed by atoms with Gasteiger partial charge in [0, 0.05) is 37.0 Å². The first-order chi connectivity index (χ1) is 14.6. The van der Waals surface area contributed by atoms with E-state index in [1.165, 1.54) is 24.8 Å². The summed E-state index contributed by atoms with van der Waals surface area (Å²) in [7, 11) is 0. The summed E-state index contributed by atoms with van der Waals surface area (Å²) in [5.41, 5.74) is 3.51. The van der Waals surface area contributed by atoms with Crippen molar-refractivity contribution in [1.29, 1.82) is 0 Å². The molecule has 0 radical (unpaired) electrons. The highest BCUT2D eigenvalue weighted by atomic mass is 16.5. The van der Waals surface area contributed by atoms with Crippen molar-refractivity contribution in [2.24, 2.45) is 5.92 Å². The Morgan fingerprint density at radius 1 is 1.17 bits per heavy atom. The number of ether oxygens (including phenoxy) is 1. The second kappa shape index (κ2) is 9.67. The largest absolute Gasteiger partial charge is 0.493 e. The SMILES string of the molecule is CC(C)c1ccc(OCCc2cc([C@@H]3CCN(C(=O)C4CCCCC4)C3)n[nH]2)cc1. The number of rotatable bonds is 7. The van der Waals surface area contributed by atoms with Crippen molar-refractivity contribution in [2.75, 3.05) is 19.7 Å². The molecular weight excluding hydrogens is 374 g/mol. The van der Waals surface area contributed by atoms with E-state index < -0.39 is 0 Å². The van der Waals surface area contributed by atoms with E-state index in [4.69, 9.17) is 4.74 Å². The normalized spacial score (nSPS) is 20.1. The molecule has 2 aliphatic rings. The van der Waals surface area contributed by atoms with Gasteiger partial charge in [-0.25, -0.2) is 0 Å². The van der Waals surface area contributed by atoms with E-state index >= 15 is 0 Å². The molecule has 2 heterocycles. The highest BCUT2D eigenvalue weighted by Gasteiger charge is 2.32. The molecule has 1 aromatic heterocycles. The summed E-state index contributed by atoms with van der Waals surface area (Å²) in [5.74, 6) is 2.44. The van der Waals surface area contributed by atoms with Crippen LogP contribution < -0.4 is 4.74 Å². The third-order valence-corrected chi connectivity index (χ3v) is 6.71. The minimum absolute atomic E-state index is 0.263. The number of carbonyl (C=O) groups is 1. The van der Waals surface area contributed by atoms with Crippen LogP contribution in [0.1, 0.15) is 81.2 Å². The van der Waals surface area contributed by atoms with Crippen molar-refractivity contribution < 1.29 is 9.53 Å². The Balaban J connectivity index is 1.24. The molecule has 30 heavy (non-hydrogen) atoms. The number of carbonyl (C=O) groups excluding carboxylic acids is 1. The van der Waals surface area contributed by atoms with Crippen LogP contribution in [0.5, 0.6) is 5.75 Å². The van der Waals surface area contributed by atoms with Crippen molar-refractivity contribution in [3.8, 4) is 5.75 Å². The summed E-state index contributed by atoms with van der Waals surface area (Å²) in [4.78, 5) is 14.9. The lowest BCUT2D eigenvalue weighted by atomic mass is 9.88. The molecule has 0 spiro atoms. The first kappa shape index (κ1) is 21.0. The number of hydrogen-bond donors (Lipinski definition) is 1. The van der Waals surface area contributed by atoms with E-state index in [9.17, 15) is 4.79 Å². The van der Waals surface area contributed by atoms with Gasteiger partial charge >= 0.3 is 0 Å². The molecule has 1 saturated carbocycles. The van der Waals surface area contributed by atoms with Gasteiger partial charge in [0.15, 0.2) is 0 Å². The zero-order valence-corrected chi connectivity index (χ0v) is 18.4. The van der Waals surface area contributed by atoms with Crippen molar-refractivity contribution in [3.05, 3.63) is 47.3 Å². The molecule has 0 bridgehead atoms. The monoisotopic (exact) mass is 409 g/mol. The molecule has 1 aromatic carbocycles. The molecule has 0 unspecified atom stereocenters. The van der Waals surface area contributed by atoms with Crippen molar-refractivity contribution >= 4 is 5.91 Å². The average Bonchev–Trinajstić information content (AvgIpc) is 3.44. The van der Waals surface area contributed by atoms with Crippen molar-refractivity contribution in [1.82, 2.24) is 15.1 Å². The van der Waals surface area contributed by atoms with Gasteiger partial charge in [-0.05, 0) is 48.9 Å². The van der Waals surface area contributed by atoms with Gasteiger partial charge in [0.1, 0.15) is 5.75 Å². The zero-order valence-electron chi connectivity index (χ0n) is 18.4. The van der Waals surface area contributed by atoms with Crippen LogP contribution in [0.25, 0.3) is 0 Å². The predicted octanol–water partition coefficient (Wildman–Crippen LogP) is 5.05. The minimum Gasteiger partial charge on any atom is -0.493 e. The Morgan fingerprint density at radius 3 is 2.67 bits per heavy atom. The maximum absolute atomic E-state index is 12.8. The summed E-state index contributed by atoms with van der Waals surface area (Å²) in [6.07, 6.45) is 7.67. The maximum atomic E-state index is 12.8. The Bertz CT molecular complexity index is 821. The van der Waals surface area contributed by atoms with Gasteiger partial charge in [-0.15, -0.1) is 0 Å². The van der Waals surface area contributed by atoms with Crippen LogP contribution in [0.15, 0.2) is 30.3 Å². The maximum Gasteiger partial charge on any atom is 0.225 e. The van der Waals surface area contributed by atoms with Gasteiger partial charge in [0.05, 0.1) is 12.3 Å². The molecule has 162 valence electrons. The summed E-state index contributed by atoms with van der Waals surface area (Å²) >= 11 is 0. The van der Waals surface area contributed by atoms with Gasteiger partial charge in [0.2, 0.25) is 5.91 Å². The lowest BCUT2D eigenvalue weighted by molar-refractivity contribution is -0.135. The van der Waals surface area contributed by atoms with Crippen LogP contribution >= 0.6 is 0 Å². The molecule has 4 rings (SSSR count). The molecule has 1 atom stereocenters. The van der Waals surface area contributed by atoms with Crippen LogP contribution in [0.3, 0.4) is 0 Å². The number of likely N-dealkylation sites (tertiary alicyclic amines) is 1. The minimum atomic E-state index is 0.263. The van der Waals surface area contributed by atoms with Gasteiger partial charge in [0.25, 0.3) is 0 Å². The number of nitrogens with zero attached hydrogens (tertiary/aromatic N) is 2. The molecule has 1 aliphatic carbocycles. The fourth-order valence-corrected chi connectivity index (χ4v) is 4.75. The second-order valence-corrected chi connectivity index (χ2v) is 9.25. The molecular formula is C25H35N3O2. The third-order valence-electron chi connectivity index (χ3n) is 6.71. The van der Waals surface area contributed by atoms with Gasteiger partial charge < -0.3 is 9.64 Å². The molecule has 5 nitrogen and oxygen atoms in total. The number of nitrogens with one attached hydrogen (secondary N) is 1. The van der Waals surface area contributed by atoms with E-state index in [-0.39, 0.29) is 5.92 Å². The summed E-state index contributed by atoms with van der Waals surface area (Å²) in [6, 6.07) is 10.5. The Hall–Kier alpha value is -2.30. The van der Waals surface area contributed by atoms with Gasteiger partial charge in [-0.3, -0.25) is 9.89 Å². The molecule has 2 aromatic rings. The molecule has 1 saturated heterocycles. The molecule has 1 aliphatic heterocycles. The molecule has 1 amide bonds. The van der Waals surface area contributed by atoms with Crippen LogP contribution in [0.4, 0.5) is 0 Å². The average molecular weight is 410 g/mol. The second-order valence-electron chi connectivity index (χ2n) is 9.25. The lowest BCUT2D eigenvalue weighted by Crippen LogP contribution is -2.35. The third kappa shape index (κ3) is 5.05. The summed E-state index contributed by atoms with van der Waals surface area (Å²) < 4.78 is 5.89. The van der Waals surface area contributed by atoms with Crippen molar-refractivity contribution in [3.63, 3.8) is 0 Å². The Labute approximate surface area is 180 Å². The number of amides is 1. The quantitative estimate of drug-likeness (QED) is 0.696. The highest BCUT2D eigenvalue weighted by Crippen LogP contribution is 2.31. The number of benzene rings is 1. The van der Waals surface area contributed by atoms with Crippen LogP contribution in [0, 0.1) is 5.92 Å². The fourth-order valence-electron chi connectivity index (χ4n) is 4.75. The lowest BCUT2D eigenvalue weighted by Gasteiger charge is -2.26. The number of hydrogen-bond acceptors (Lipinski definition) is 3. The van der Waals surface area contributed by atoms with Crippen LogP contribution in [-0.4, -0.2) is 40.7 Å². The highest BCUT2D eigenvalue weighted by molar-refractivity contribution is 5.79. The molecule has 1 N–H and O–H groups in total. The Kier molecular flexibility index (Phi) is 6.76. The summed E-state index contributed by atoms with van der Waals surface area (Å²) in [6.45, 7) is 6.71. The Morgan fingerprint density at radius 2 is 1.93 bits per heavy atom. The van der Waals surface area contributed by atoms with Gasteiger partial charge in [-0.2, -0.15) is 5.10 Å². The topological polar surface area (TPSA) is 58.2 Å². The van der Waals surface area contributed by atoms with Crippen LogP contribution in [0.2, 0.25) is 0 Å². The number of aromatic nitrogens is 2. The van der Waals surface area contributed by atoms with Gasteiger partial charge in [-0.1, -0.05) is 45.2 Å². The van der Waals surface area contributed by atoms with E-state index in [2.05, 4.69) is 47.1 Å². The van der Waals surface area contributed by atoms with E-state index in [0.717, 1.165) is 55.9 Å². The zero-order chi connectivity index (χ0) is 20.9. The molecule has 2 fully saturated rings. The van der Waals surface area contributed by atoms with E-state index in [1.807, 2.05) is 12.1 Å². The van der Waals surface area contributed by atoms with E-state index in [0.29, 0.717) is 24.3 Å². The number of aromatic amines is 1. The van der Waals surface area contributed by atoms with E-state index in [1.54, 1.807) is 0 Å².